The van der Waals surface area contributed by atoms with E-state index in [2.05, 4.69) is 25.5 Å². The fraction of sp³-hybridized carbons (Fsp3) is 0.364. The molecule has 2 aromatic heterocycles. The number of hydrogen-bond donors (Lipinski definition) is 2. The topological polar surface area (TPSA) is 86.8 Å². The van der Waals surface area contributed by atoms with Crippen molar-refractivity contribution in [2.24, 2.45) is 5.92 Å². The summed E-state index contributed by atoms with van der Waals surface area (Å²) in [5.74, 6) is 2.05. The van der Waals surface area contributed by atoms with Crippen LogP contribution < -0.4 is 5.32 Å². The molecule has 0 aliphatic carbocycles. The number of likely N-dealkylation sites (tertiary alicyclic amines) is 1. The van der Waals surface area contributed by atoms with Gasteiger partial charge in [0.15, 0.2) is 5.82 Å². The first-order chi connectivity index (χ1) is 14.5. The number of anilines is 2. The minimum Gasteiger partial charge on any atom is -0.338 e. The fourth-order valence-electron chi connectivity index (χ4n) is 3.90. The Labute approximate surface area is 174 Å². The molecule has 8 heteroatoms. The molecule has 0 bridgehead atoms. The summed E-state index contributed by atoms with van der Waals surface area (Å²) >= 11 is 0. The summed E-state index contributed by atoms with van der Waals surface area (Å²) in [4.78, 5) is 23.7. The Morgan fingerprint density at radius 1 is 1.20 bits per heavy atom. The molecule has 2 N–H and O–H groups in total. The average molecular weight is 408 g/mol. The molecule has 0 radical (unpaired) electrons. The van der Waals surface area contributed by atoms with Crippen molar-refractivity contribution in [1.29, 1.82) is 0 Å². The predicted octanol–water partition coefficient (Wildman–Crippen LogP) is 3.79. The van der Waals surface area contributed by atoms with Crippen LogP contribution in [0.1, 0.15) is 40.4 Å². The third-order valence-electron chi connectivity index (χ3n) is 5.25. The lowest BCUT2D eigenvalue weighted by molar-refractivity contribution is 0.0672. The van der Waals surface area contributed by atoms with Crippen LogP contribution in [0, 0.1) is 25.6 Å². The predicted molar refractivity (Wildman–Crippen MR) is 112 cm³/mol. The van der Waals surface area contributed by atoms with Crippen molar-refractivity contribution in [1.82, 2.24) is 25.1 Å². The maximum absolute atomic E-state index is 13.2. The van der Waals surface area contributed by atoms with Crippen LogP contribution in [0.5, 0.6) is 0 Å². The number of carbonyl (C=O) groups is 1. The quantitative estimate of drug-likeness (QED) is 0.671. The van der Waals surface area contributed by atoms with Gasteiger partial charge in [0.25, 0.3) is 5.91 Å². The van der Waals surface area contributed by atoms with Crippen LogP contribution in [-0.4, -0.2) is 44.1 Å². The third kappa shape index (κ3) is 4.82. The molecule has 1 aliphatic heterocycles. The Morgan fingerprint density at radius 2 is 2.00 bits per heavy atom. The normalized spacial score (nSPS) is 16.5. The number of H-pyrrole nitrogens is 1. The Hall–Kier alpha value is -3.29. The van der Waals surface area contributed by atoms with E-state index in [1.54, 1.807) is 12.1 Å². The molecule has 3 heterocycles. The fourth-order valence-corrected chi connectivity index (χ4v) is 3.90. The van der Waals surface area contributed by atoms with Gasteiger partial charge >= 0.3 is 0 Å². The van der Waals surface area contributed by atoms with Crippen molar-refractivity contribution in [3.63, 3.8) is 0 Å². The van der Waals surface area contributed by atoms with Crippen LogP contribution in [0.3, 0.4) is 0 Å². The summed E-state index contributed by atoms with van der Waals surface area (Å²) < 4.78 is 13.2. The molecule has 1 fully saturated rings. The van der Waals surface area contributed by atoms with Crippen molar-refractivity contribution in [3.8, 4) is 0 Å². The monoisotopic (exact) mass is 408 g/mol. The number of rotatable bonds is 5. The first-order valence-electron chi connectivity index (χ1n) is 10.1. The molecular weight excluding hydrogens is 383 g/mol. The first kappa shape index (κ1) is 20.0. The number of carbonyl (C=O) groups excluding carboxylic acids is 1. The Balaban J connectivity index is 1.43. The molecule has 7 nitrogen and oxygen atoms in total. The van der Waals surface area contributed by atoms with Gasteiger partial charge < -0.3 is 10.2 Å². The Kier molecular flexibility index (Phi) is 5.74. The molecule has 3 aromatic rings. The van der Waals surface area contributed by atoms with E-state index in [4.69, 9.17) is 0 Å². The standard InChI is InChI=1S/C22H25FN6O/c1-14-10-21(28-27-14)26-20-12-19(24-15(2)25-20)11-16-4-3-9-29(13-16)22(30)17-5-7-18(23)8-6-17/h5-8,10,12,16H,3-4,9,11,13H2,1-2H3,(H2,24,25,26,27,28). The van der Waals surface area contributed by atoms with Crippen LogP contribution in [-0.2, 0) is 6.42 Å². The minimum absolute atomic E-state index is 0.0465. The molecular formula is C22H25FN6O. The van der Waals surface area contributed by atoms with Gasteiger partial charge in [-0.15, -0.1) is 0 Å². The number of nitrogens with zero attached hydrogens (tertiary/aromatic N) is 4. The zero-order chi connectivity index (χ0) is 21.1. The van der Waals surface area contributed by atoms with Crippen molar-refractivity contribution in [2.75, 3.05) is 18.4 Å². The Bertz CT molecular complexity index is 1030. The van der Waals surface area contributed by atoms with Crippen LogP contribution in [0.4, 0.5) is 16.0 Å². The van der Waals surface area contributed by atoms with Crippen molar-refractivity contribution >= 4 is 17.5 Å². The number of piperidine rings is 1. The molecule has 1 aliphatic rings. The van der Waals surface area contributed by atoms with Gasteiger partial charge in [-0.2, -0.15) is 5.10 Å². The van der Waals surface area contributed by atoms with Gasteiger partial charge in [-0.25, -0.2) is 14.4 Å². The van der Waals surface area contributed by atoms with Crippen LogP contribution >= 0.6 is 0 Å². The maximum atomic E-state index is 13.2. The van der Waals surface area contributed by atoms with E-state index >= 15 is 0 Å². The van der Waals surface area contributed by atoms with Gasteiger partial charge in [-0.1, -0.05) is 0 Å². The summed E-state index contributed by atoms with van der Waals surface area (Å²) in [7, 11) is 0. The number of aryl methyl sites for hydroxylation is 2. The average Bonchev–Trinajstić information content (AvgIpc) is 3.12. The molecule has 1 amide bonds. The number of aromatic amines is 1. The lowest BCUT2D eigenvalue weighted by Gasteiger charge is -2.33. The smallest absolute Gasteiger partial charge is 0.253 e. The number of hydrogen-bond acceptors (Lipinski definition) is 5. The Morgan fingerprint density at radius 3 is 2.73 bits per heavy atom. The SMILES string of the molecule is Cc1nc(CC2CCCN(C(=O)c3ccc(F)cc3)C2)cc(Nc2cc(C)[nH]n2)n1. The van der Waals surface area contributed by atoms with Crippen molar-refractivity contribution < 1.29 is 9.18 Å². The summed E-state index contributed by atoms with van der Waals surface area (Å²) in [6, 6.07) is 9.60. The first-order valence-corrected chi connectivity index (χ1v) is 10.1. The van der Waals surface area contributed by atoms with Crippen molar-refractivity contribution in [2.45, 2.75) is 33.1 Å². The van der Waals surface area contributed by atoms with E-state index in [-0.39, 0.29) is 11.7 Å². The molecule has 0 spiro atoms. The van der Waals surface area contributed by atoms with Gasteiger partial charge in [0.05, 0.1) is 0 Å². The zero-order valence-corrected chi connectivity index (χ0v) is 17.2. The van der Waals surface area contributed by atoms with E-state index in [1.807, 2.05) is 30.9 Å². The van der Waals surface area contributed by atoms with Crippen molar-refractivity contribution in [3.05, 3.63) is 65.0 Å². The largest absolute Gasteiger partial charge is 0.338 e. The van der Waals surface area contributed by atoms with E-state index < -0.39 is 0 Å². The van der Waals surface area contributed by atoms with Gasteiger partial charge in [-0.05, 0) is 63.3 Å². The number of aromatic nitrogens is 4. The highest BCUT2D eigenvalue weighted by Gasteiger charge is 2.25. The van der Waals surface area contributed by atoms with Crippen LogP contribution in [0.2, 0.25) is 0 Å². The maximum Gasteiger partial charge on any atom is 0.253 e. The molecule has 0 saturated carbocycles. The number of amides is 1. The second kappa shape index (κ2) is 8.61. The van der Waals surface area contributed by atoms with Crippen LogP contribution in [0.15, 0.2) is 36.4 Å². The summed E-state index contributed by atoms with van der Waals surface area (Å²) in [5, 5.41) is 10.3. The molecule has 1 unspecified atom stereocenters. The van der Waals surface area contributed by atoms with E-state index in [0.29, 0.717) is 35.5 Å². The lowest BCUT2D eigenvalue weighted by Crippen LogP contribution is -2.40. The van der Waals surface area contributed by atoms with E-state index in [0.717, 1.165) is 37.2 Å². The molecule has 4 rings (SSSR count). The number of halogens is 1. The highest BCUT2D eigenvalue weighted by molar-refractivity contribution is 5.94. The van der Waals surface area contributed by atoms with Crippen LogP contribution in [0.25, 0.3) is 0 Å². The zero-order valence-electron chi connectivity index (χ0n) is 17.2. The highest BCUT2D eigenvalue weighted by atomic mass is 19.1. The highest BCUT2D eigenvalue weighted by Crippen LogP contribution is 2.23. The summed E-state index contributed by atoms with van der Waals surface area (Å²) in [5.41, 5.74) is 2.44. The van der Waals surface area contributed by atoms with Gasteiger partial charge in [0.2, 0.25) is 0 Å². The van der Waals surface area contributed by atoms with Gasteiger partial charge in [0, 0.05) is 42.2 Å². The van der Waals surface area contributed by atoms with E-state index in [1.165, 1.54) is 12.1 Å². The summed E-state index contributed by atoms with van der Waals surface area (Å²) in [6.45, 7) is 5.20. The number of nitrogens with one attached hydrogen (secondary N) is 2. The molecule has 30 heavy (non-hydrogen) atoms. The molecule has 1 aromatic carbocycles. The second-order valence-electron chi connectivity index (χ2n) is 7.82. The third-order valence-corrected chi connectivity index (χ3v) is 5.25. The minimum atomic E-state index is -0.336. The molecule has 1 saturated heterocycles. The van der Waals surface area contributed by atoms with Gasteiger partial charge in [0.1, 0.15) is 17.5 Å². The molecule has 1 atom stereocenters. The lowest BCUT2D eigenvalue weighted by atomic mass is 9.92. The molecule has 156 valence electrons. The van der Waals surface area contributed by atoms with E-state index in [9.17, 15) is 9.18 Å². The van der Waals surface area contributed by atoms with Gasteiger partial charge in [-0.3, -0.25) is 9.89 Å². The second-order valence-corrected chi connectivity index (χ2v) is 7.82. The summed E-state index contributed by atoms with van der Waals surface area (Å²) in [6.07, 6.45) is 2.75. The number of benzene rings is 1.